The van der Waals surface area contributed by atoms with Crippen LogP contribution < -0.4 is 21.3 Å². The summed E-state index contributed by atoms with van der Waals surface area (Å²) in [5.41, 5.74) is 9.50. The van der Waals surface area contributed by atoms with Crippen LogP contribution in [-0.2, 0) is 16.8 Å². The minimum Gasteiger partial charge on any atom is -0.382 e. The number of amides is 1. The largest absolute Gasteiger partial charge is 0.382 e. The lowest BCUT2D eigenvalue weighted by molar-refractivity contribution is 0.0934. The van der Waals surface area contributed by atoms with Gasteiger partial charge in [0.25, 0.3) is 11.5 Å². The average Bonchev–Trinajstić information content (AvgIpc) is 3.48. The van der Waals surface area contributed by atoms with Crippen LogP contribution in [0, 0.1) is 11.8 Å². The van der Waals surface area contributed by atoms with E-state index in [1.54, 1.807) is 40.8 Å². The zero-order valence-electron chi connectivity index (χ0n) is 26.3. The number of carbonyl (C=O) groups excluding carboxylic acids is 1. The molecule has 4 N–H and O–H groups in total. The topological polar surface area (TPSA) is 163 Å². The second kappa shape index (κ2) is 12.9. The fourth-order valence-corrected chi connectivity index (χ4v) is 5.81. The highest BCUT2D eigenvalue weighted by atomic mass is 32.2. The Balaban J connectivity index is 1.38. The second-order valence-electron chi connectivity index (χ2n) is 11.2. The number of carbonyl (C=O) groups is 1. The fourth-order valence-electron chi connectivity index (χ4n) is 5.20. The first-order valence-corrected chi connectivity index (χ1v) is 16.8. The summed E-state index contributed by atoms with van der Waals surface area (Å²) in [5, 5.41) is 8.23. The van der Waals surface area contributed by atoms with Crippen LogP contribution >= 0.6 is 0 Å². The minimum absolute atomic E-state index is 0.0733. The molecule has 2 atom stereocenters. The lowest BCUT2D eigenvalue weighted by Crippen LogP contribution is -2.33. The van der Waals surface area contributed by atoms with E-state index in [0.717, 1.165) is 5.56 Å². The van der Waals surface area contributed by atoms with E-state index in [0.29, 0.717) is 44.7 Å². The Morgan fingerprint density at radius 1 is 1.04 bits per heavy atom. The third-order valence-corrected chi connectivity index (χ3v) is 7.98. The molecule has 12 nitrogen and oxygen atoms in total. The van der Waals surface area contributed by atoms with Crippen LogP contribution in [-0.4, -0.2) is 51.5 Å². The van der Waals surface area contributed by atoms with Crippen molar-refractivity contribution in [1.82, 2.24) is 34.6 Å². The average molecular weight is 658 g/mol. The molecule has 13 heteroatoms. The van der Waals surface area contributed by atoms with Crippen molar-refractivity contribution in [2.75, 3.05) is 16.7 Å². The summed E-state index contributed by atoms with van der Waals surface area (Å²) in [6, 6.07) is 17.5. The number of aryl methyl sites for hydroxylation is 1. The van der Waals surface area contributed by atoms with Gasteiger partial charge in [-0.15, -0.1) is 0 Å². The number of fused-ring (bicyclic) bond motifs is 1. The van der Waals surface area contributed by atoms with Crippen LogP contribution in [0.2, 0.25) is 0 Å². The first-order chi connectivity index (χ1) is 23.0. The van der Waals surface area contributed by atoms with Crippen molar-refractivity contribution in [2.45, 2.75) is 13.0 Å². The Morgan fingerprint density at radius 3 is 2.56 bits per heavy atom. The molecule has 240 valence electrons. The van der Waals surface area contributed by atoms with Crippen LogP contribution in [0.5, 0.6) is 0 Å². The number of para-hydroxylation sites is 1. The standard InChI is InChI=1S/C35H31N9O3S/c1-22(40-34(45)32-33(36)38-20-29(41-32)26-15-27(19-37-18-26)42-48(3,4)47)30-16-25-10-8-9-24(14-13-23-17-39-43(2)21-23)31(25)35(46)44(30)28-11-6-5-7-12-28/h5-12,15-22H,3H2,1-2,4H3,(H2,36,38)(H,40,45)(H,42,47)/t22-,48?/m1/s1. The van der Waals surface area contributed by atoms with E-state index in [1.807, 2.05) is 61.6 Å². The number of nitrogens with one attached hydrogen (secondary N) is 2. The van der Waals surface area contributed by atoms with Gasteiger partial charge in [-0.3, -0.25) is 23.8 Å². The van der Waals surface area contributed by atoms with Crippen molar-refractivity contribution < 1.29 is 9.00 Å². The van der Waals surface area contributed by atoms with Crippen LogP contribution in [0.3, 0.4) is 0 Å². The van der Waals surface area contributed by atoms with E-state index in [1.165, 1.54) is 18.6 Å². The smallest absolute Gasteiger partial charge is 0.274 e. The molecular weight excluding hydrogens is 627 g/mol. The van der Waals surface area contributed by atoms with E-state index < -0.39 is 21.7 Å². The number of anilines is 2. The SMILES string of the molecule is C=S(C)(=O)Nc1cncc(-c2cnc(N)c(C(=O)N[C@H](C)c3cc4cccc(C#Cc5cnn(C)c5)c4c(=O)n3-c3ccccc3)n2)c1. The Morgan fingerprint density at radius 2 is 1.83 bits per heavy atom. The van der Waals surface area contributed by atoms with Crippen LogP contribution in [0.4, 0.5) is 11.5 Å². The van der Waals surface area contributed by atoms with Gasteiger partial charge in [-0.05, 0) is 48.5 Å². The molecule has 0 saturated carbocycles. The molecular formula is C35H31N9O3S. The van der Waals surface area contributed by atoms with Gasteiger partial charge in [0, 0.05) is 57.9 Å². The van der Waals surface area contributed by atoms with E-state index in [4.69, 9.17) is 5.73 Å². The van der Waals surface area contributed by atoms with Gasteiger partial charge in [-0.1, -0.05) is 42.2 Å². The van der Waals surface area contributed by atoms with Crippen LogP contribution in [0.15, 0.2) is 96.4 Å². The van der Waals surface area contributed by atoms with Crippen molar-refractivity contribution in [3.63, 3.8) is 0 Å². The van der Waals surface area contributed by atoms with Crippen molar-refractivity contribution in [3.8, 4) is 28.8 Å². The quantitative estimate of drug-likeness (QED) is 0.173. The minimum atomic E-state index is -2.55. The second-order valence-corrected chi connectivity index (χ2v) is 13.4. The van der Waals surface area contributed by atoms with Gasteiger partial charge in [0.2, 0.25) is 0 Å². The van der Waals surface area contributed by atoms with Crippen LogP contribution in [0.25, 0.3) is 27.7 Å². The summed E-state index contributed by atoms with van der Waals surface area (Å²) in [6.45, 7) is 1.78. The molecule has 0 fully saturated rings. The number of nitrogens with two attached hydrogens (primary N) is 1. The van der Waals surface area contributed by atoms with Crippen LogP contribution in [0.1, 0.15) is 40.3 Å². The van der Waals surface area contributed by atoms with Gasteiger partial charge in [0.05, 0.1) is 47.0 Å². The number of nitrogen functional groups attached to an aromatic ring is 1. The fraction of sp³-hybridized carbons (Fsp3) is 0.114. The first kappa shape index (κ1) is 31.7. The molecule has 0 saturated heterocycles. The van der Waals surface area contributed by atoms with Crippen molar-refractivity contribution in [2.24, 2.45) is 7.05 Å². The maximum atomic E-state index is 14.3. The van der Waals surface area contributed by atoms with E-state index in [9.17, 15) is 13.8 Å². The zero-order chi connectivity index (χ0) is 34.0. The van der Waals surface area contributed by atoms with Gasteiger partial charge in [0.1, 0.15) is 0 Å². The van der Waals surface area contributed by atoms with Gasteiger partial charge >= 0.3 is 0 Å². The van der Waals surface area contributed by atoms with Gasteiger partial charge in [0.15, 0.2) is 11.5 Å². The summed E-state index contributed by atoms with van der Waals surface area (Å²) < 4.78 is 18.2. The maximum absolute atomic E-state index is 14.3. The number of nitrogens with zero attached hydrogens (tertiary/aromatic N) is 6. The molecule has 2 aromatic carbocycles. The summed E-state index contributed by atoms with van der Waals surface area (Å²) in [4.78, 5) is 40.8. The molecule has 0 spiro atoms. The monoisotopic (exact) mass is 657 g/mol. The maximum Gasteiger partial charge on any atom is 0.274 e. The van der Waals surface area contributed by atoms with Gasteiger partial charge in [-0.25, -0.2) is 14.2 Å². The number of pyridine rings is 2. The number of hydrogen-bond acceptors (Lipinski definition) is 8. The van der Waals surface area contributed by atoms with Gasteiger partial charge in [-0.2, -0.15) is 5.10 Å². The van der Waals surface area contributed by atoms with E-state index in [2.05, 4.69) is 47.8 Å². The number of aromatic nitrogens is 6. The predicted octanol–water partition coefficient (Wildman–Crippen LogP) is 3.72. The number of rotatable bonds is 7. The summed E-state index contributed by atoms with van der Waals surface area (Å²) in [7, 11) is -0.734. The Hall–Kier alpha value is -6.26. The summed E-state index contributed by atoms with van der Waals surface area (Å²) in [6.07, 6.45) is 9.40. The molecule has 6 aromatic rings. The molecule has 6 rings (SSSR count). The molecule has 4 aromatic heterocycles. The molecule has 0 bridgehead atoms. The highest BCUT2D eigenvalue weighted by Gasteiger charge is 2.22. The van der Waals surface area contributed by atoms with E-state index in [-0.39, 0.29) is 17.1 Å². The Kier molecular flexibility index (Phi) is 8.49. The third kappa shape index (κ3) is 6.79. The Bertz CT molecular complexity index is 2430. The van der Waals surface area contributed by atoms with E-state index >= 15 is 0 Å². The summed E-state index contributed by atoms with van der Waals surface area (Å²) in [5.74, 6) is 9.17. The molecule has 48 heavy (non-hydrogen) atoms. The zero-order valence-corrected chi connectivity index (χ0v) is 27.2. The number of hydrogen-bond donors (Lipinski definition) is 3. The normalized spacial score (nSPS) is 12.8. The van der Waals surface area contributed by atoms with Gasteiger partial charge < -0.3 is 15.8 Å². The van der Waals surface area contributed by atoms with Crippen molar-refractivity contribution in [1.29, 1.82) is 0 Å². The highest BCUT2D eigenvalue weighted by molar-refractivity contribution is 8.00. The predicted molar refractivity (Wildman–Crippen MR) is 189 cm³/mol. The molecule has 0 aliphatic carbocycles. The summed E-state index contributed by atoms with van der Waals surface area (Å²) >= 11 is 0. The third-order valence-electron chi connectivity index (χ3n) is 7.31. The lowest BCUT2D eigenvalue weighted by atomic mass is 10.0. The van der Waals surface area contributed by atoms with Crippen molar-refractivity contribution in [3.05, 3.63) is 125 Å². The first-order valence-electron chi connectivity index (χ1n) is 14.7. The highest BCUT2D eigenvalue weighted by Crippen LogP contribution is 2.25. The molecule has 0 radical (unpaired) electrons. The number of benzene rings is 2. The molecule has 0 aliphatic rings. The molecule has 0 aliphatic heterocycles. The lowest BCUT2D eigenvalue weighted by Gasteiger charge is -2.21. The molecule has 4 heterocycles. The molecule has 1 unspecified atom stereocenters. The molecule has 1 amide bonds. The Labute approximate surface area is 276 Å². The van der Waals surface area contributed by atoms with Crippen molar-refractivity contribution >= 4 is 43.8 Å².